The molecule has 7 heteroatoms. The van der Waals surface area contributed by atoms with Gasteiger partial charge in [-0.05, 0) is 42.7 Å². The fraction of sp³-hybridized carbons (Fsp3) is 0.261. The van der Waals surface area contributed by atoms with Gasteiger partial charge in [0.25, 0.3) is 0 Å². The lowest BCUT2D eigenvalue weighted by Gasteiger charge is -2.11. The van der Waals surface area contributed by atoms with Crippen LogP contribution in [0.15, 0.2) is 60.9 Å². The van der Waals surface area contributed by atoms with Gasteiger partial charge in [0.05, 0.1) is 11.4 Å². The van der Waals surface area contributed by atoms with Crippen molar-refractivity contribution in [1.29, 1.82) is 0 Å². The zero-order valence-electron chi connectivity index (χ0n) is 16.4. The number of rotatable bonds is 5. The van der Waals surface area contributed by atoms with E-state index in [2.05, 4.69) is 15.1 Å². The third kappa shape index (κ3) is 3.36. The minimum absolute atomic E-state index is 0.218. The molecule has 2 aromatic heterocycles. The largest absolute Gasteiger partial charge is 0.457 e. The highest BCUT2D eigenvalue weighted by Gasteiger charge is 2.28. The van der Waals surface area contributed by atoms with Crippen LogP contribution in [0.4, 0.5) is 10.2 Å². The molecule has 4 aromatic rings. The average molecular weight is 403 g/mol. The summed E-state index contributed by atoms with van der Waals surface area (Å²) in [6, 6.07) is 16.6. The van der Waals surface area contributed by atoms with E-state index in [0.717, 1.165) is 25.7 Å². The number of halogens is 1. The number of alkyl halides is 1. The first kappa shape index (κ1) is 18.5. The molecule has 2 aromatic carbocycles. The van der Waals surface area contributed by atoms with Crippen LogP contribution >= 0.6 is 0 Å². The molecule has 0 amide bonds. The Labute approximate surface area is 173 Å². The molecule has 0 bridgehead atoms. The molecule has 0 aliphatic heterocycles. The molecular formula is C23H22FN5O. The lowest BCUT2D eigenvalue weighted by molar-refractivity contribution is 0.381. The van der Waals surface area contributed by atoms with Crippen molar-refractivity contribution in [3.8, 4) is 11.5 Å². The van der Waals surface area contributed by atoms with E-state index in [1.807, 2.05) is 35.0 Å². The van der Waals surface area contributed by atoms with Crippen LogP contribution in [-0.2, 0) is 0 Å². The van der Waals surface area contributed by atoms with Gasteiger partial charge >= 0.3 is 0 Å². The van der Waals surface area contributed by atoms with Crippen LogP contribution in [0.5, 0.6) is 11.5 Å². The first-order chi connectivity index (χ1) is 14.7. The number of para-hydroxylation sites is 1. The highest BCUT2D eigenvalue weighted by molar-refractivity contribution is 5.88. The maximum Gasteiger partial charge on any atom is 0.170 e. The molecule has 1 fully saturated rings. The van der Waals surface area contributed by atoms with Gasteiger partial charge in [-0.25, -0.2) is 19.0 Å². The molecular weight excluding hydrogens is 381 g/mol. The van der Waals surface area contributed by atoms with Crippen LogP contribution in [0.1, 0.15) is 49.2 Å². The summed E-state index contributed by atoms with van der Waals surface area (Å²) in [5, 5.41) is 5.13. The lowest BCUT2D eigenvalue weighted by atomic mass is 10.1. The monoisotopic (exact) mass is 403 g/mol. The number of fused-ring (bicyclic) bond motifs is 1. The number of ether oxygens (including phenoxy) is 1. The van der Waals surface area contributed by atoms with Crippen molar-refractivity contribution in [2.24, 2.45) is 0 Å². The Bertz CT molecular complexity index is 1170. The Morgan fingerprint density at radius 3 is 2.57 bits per heavy atom. The van der Waals surface area contributed by atoms with Gasteiger partial charge in [0.15, 0.2) is 11.8 Å². The fourth-order valence-electron chi connectivity index (χ4n) is 4.12. The number of aromatic nitrogens is 4. The Morgan fingerprint density at radius 1 is 1.00 bits per heavy atom. The Balaban J connectivity index is 1.53. The van der Waals surface area contributed by atoms with E-state index in [9.17, 15) is 0 Å². The second-order valence-electron chi connectivity index (χ2n) is 7.58. The van der Waals surface area contributed by atoms with Crippen molar-refractivity contribution < 1.29 is 9.13 Å². The third-order valence-corrected chi connectivity index (χ3v) is 5.59. The number of nitrogens with two attached hydrogens (primary N) is 1. The maximum atomic E-state index is 15.8. The van der Waals surface area contributed by atoms with Crippen LogP contribution in [0.2, 0.25) is 0 Å². The highest BCUT2D eigenvalue weighted by atomic mass is 19.1. The number of hydrogen-bond acceptors (Lipinski definition) is 5. The zero-order chi connectivity index (χ0) is 20.5. The predicted octanol–water partition coefficient (Wildman–Crippen LogP) is 5.37. The summed E-state index contributed by atoms with van der Waals surface area (Å²) in [5.74, 6) is 1.50. The molecule has 5 rings (SSSR count). The third-order valence-electron chi connectivity index (χ3n) is 5.59. The van der Waals surface area contributed by atoms with Gasteiger partial charge in [0, 0.05) is 0 Å². The van der Waals surface area contributed by atoms with E-state index in [1.165, 1.54) is 6.33 Å². The Kier molecular flexibility index (Phi) is 4.78. The highest BCUT2D eigenvalue weighted by Crippen LogP contribution is 2.38. The van der Waals surface area contributed by atoms with Gasteiger partial charge in [-0.3, -0.25) is 0 Å². The number of benzene rings is 2. The second-order valence-corrected chi connectivity index (χ2v) is 7.58. The van der Waals surface area contributed by atoms with E-state index < -0.39 is 6.17 Å². The van der Waals surface area contributed by atoms with Gasteiger partial charge in [0.1, 0.15) is 29.3 Å². The predicted molar refractivity (Wildman–Crippen MR) is 113 cm³/mol. The first-order valence-corrected chi connectivity index (χ1v) is 10.2. The second kappa shape index (κ2) is 7.74. The molecule has 0 saturated heterocycles. The number of hydrogen-bond donors (Lipinski definition) is 1. The normalized spacial score (nSPS) is 15.5. The molecule has 1 unspecified atom stereocenters. The minimum Gasteiger partial charge on any atom is -0.457 e. The summed E-state index contributed by atoms with van der Waals surface area (Å²) in [4.78, 5) is 8.45. The molecule has 1 atom stereocenters. The summed E-state index contributed by atoms with van der Waals surface area (Å²) in [7, 11) is 0. The quantitative estimate of drug-likeness (QED) is 0.484. The summed E-state index contributed by atoms with van der Waals surface area (Å²) in [6.07, 6.45) is 4.24. The van der Waals surface area contributed by atoms with Crippen LogP contribution in [0.25, 0.3) is 11.0 Å². The van der Waals surface area contributed by atoms with Crippen LogP contribution in [0.3, 0.4) is 0 Å². The van der Waals surface area contributed by atoms with Crippen molar-refractivity contribution in [1.82, 2.24) is 19.7 Å². The molecule has 0 radical (unpaired) electrons. The van der Waals surface area contributed by atoms with Crippen LogP contribution in [-0.4, -0.2) is 19.7 Å². The van der Waals surface area contributed by atoms with Crippen molar-refractivity contribution in [2.75, 3.05) is 5.73 Å². The summed E-state index contributed by atoms with van der Waals surface area (Å²) < 4.78 is 23.5. The molecule has 2 heterocycles. The Morgan fingerprint density at radius 2 is 1.77 bits per heavy atom. The summed E-state index contributed by atoms with van der Waals surface area (Å²) >= 11 is 0. The molecule has 0 spiro atoms. The van der Waals surface area contributed by atoms with E-state index >= 15 is 4.39 Å². The van der Waals surface area contributed by atoms with Crippen LogP contribution < -0.4 is 10.5 Å². The van der Waals surface area contributed by atoms with Gasteiger partial charge < -0.3 is 10.5 Å². The molecule has 2 N–H and O–H groups in total. The molecule has 1 aliphatic carbocycles. The molecule has 1 aliphatic rings. The average Bonchev–Trinajstić information content (AvgIpc) is 3.43. The van der Waals surface area contributed by atoms with Crippen molar-refractivity contribution in [3.63, 3.8) is 0 Å². The summed E-state index contributed by atoms with van der Waals surface area (Å²) in [6.45, 7) is 0. The number of nitrogens with zero attached hydrogens (tertiary/aromatic N) is 4. The molecule has 30 heavy (non-hydrogen) atoms. The number of nitrogen functional groups attached to an aromatic ring is 1. The lowest BCUT2D eigenvalue weighted by Crippen LogP contribution is -2.08. The smallest absolute Gasteiger partial charge is 0.170 e. The topological polar surface area (TPSA) is 78.8 Å². The molecule has 152 valence electrons. The Hall–Kier alpha value is -3.48. The standard InChI is InChI=1S/C23H22FN5O/c24-20(15-7-6-12-18(13-15)30-17-10-2-1-3-11-17)21-19-22(25)26-14-27-23(19)29(28-21)16-8-4-5-9-16/h1-3,6-7,10-14,16,20H,4-5,8-9H2,(H2,25,26,27). The van der Waals surface area contributed by atoms with Gasteiger partial charge in [-0.2, -0.15) is 5.10 Å². The van der Waals surface area contributed by atoms with E-state index in [1.54, 1.807) is 24.3 Å². The van der Waals surface area contributed by atoms with Crippen LogP contribution in [0, 0.1) is 0 Å². The maximum absolute atomic E-state index is 15.8. The van der Waals surface area contributed by atoms with Gasteiger partial charge in [0.2, 0.25) is 0 Å². The van der Waals surface area contributed by atoms with E-state index in [4.69, 9.17) is 10.5 Å². The number of anilines is 1. The molecule has 1 saturated carbocycles. The van der Waals surface area contributed by atoms with Crippen molar-refractivity contribution >= 4 is 16.9 Å². The fourth-order valence-corrected chi connectivity index (χ4v) is 4.12. The van der Waals surface area contributed by atoms with Crippen molar-refractivity contribution in [3.05, 3.63) is 72.2 Å². The zero-order valence-corrected chi connectivity index (χ0v) is 16.4. The SMILES string of the molecule is Nc1ncnc2c1c(C(F)c1cccc(Oc3ccccc3)c1)nn2C1CCCC1. The van der Waals surface area contributed by atoms with E-state index in [-0.39, 0.29) is 17.6 Å². The van der Waals surface area contributed by atoms with Gasteiger partial charge in [-0.15, -0.1) is 0 Å². The first-order valence-electron chi connectivity index (χ1n) is 10.2. The van der Waals surface area contributed by atoms with Crippen molar-refractivity contribution in [2.45, 2.75) is 37.9 Å². The van der Waals surface area contributed by atoms with Gasteiger partial charge in [-0.1, -0.05) is 43.2 Å². The molecule has 6 nitrogen and oxygen atoms in total. The minimum atomic E-state index is -1.47. The summed E-state index contributed by atoms with van der Waals surface area (Å²) in [5.41, 5.74) is 7.43. The van der Waals surface area contributed by atoms with E-state index in [0.29, 0.717) is 28.1 Å².